The summed E-state index contributed by atoms with van der Waals surface area (Å²) in [5.41, 5.74) is 0. The van der Waals surface area contributed by atoms with Crippen molar-refractivity contribution in [2.45, 2.75) is 18.9 Å². The smallest absolute Gasteiger partial charge is 0.226 e. The molecule has 0 spiro atoms. The van der Waals surface area contributed by atoms with Gasteiger partial charge in [0.15, 0.2) is 5.82 Å². The molecule has 7 heteroatoms. The Morgan fingerprint density at radius 2 is 2.10 bits per heavy atom. The van der Waals surface area contributed by atoms with Crippen LogP contribution in [0.2, 0.25) is 0 Å². The molecule has 2 aromatic rings. The van der Waals surface area contributed by atoms with Crippen molar-refractivity contribution in [3.63, 3.8) is 0 Å². The summed E-state index contributed by atoms with van der Waals surface area (Å²) >= 11 is 0. The van der Waals surface area contributed by atoms with Crippen LogP contribution in [0.1, 0.15) is 12.8 Å². The molecule has 0 amide bonds. The molecule has 0 aliphatic carbocycles. The van der Waals surface area contributed by atoms with Gasteiger partial charge in [-0.25, -0.2) is 4.98 Å². The van der Waals surface area contributed by atoms with E-state index in [1.807, 2.05) is 12.1 Å². The fourth-order valence-corrected chi connectivity index (χ4v) is 2.42. The van der Waals surface area contributed by atoms with Gasteiger partial charge >= 0.3 is 0 Å². The average molecular weight is 286 g/mol. The molecule has 7 nitrogen and oxygen atoms in total. The topological polar surface area (TPSA) is 76.1 Å². The molecule has 1 fully saturated rings. The second kappa shape index (κ2) is 6.34. The monoisotopic (exact) mass is 286 g/mol. The van der Waals surface area contributed by atoms with Gasteiger partial charge in [0.05, 0.1) is 7.11 Å². The van der Waals surface area contributed by atoms with Crippen molar-refractivity contribution in [1.29, 1.82) is 0 Å². The van der Waals surface area contributed by atoms with Gasteiger partial charge in [0, 0.05) is 37.6 Å². The lowest BCUT2D eigenvalue weighted by atomic mass is 10.1. The van der Waals surface area contributed by atoms with Crippen LogP contribution in [0.25, 0.3) is 0 Å². The molecular weight excluding hydrogens is 268 g/mol. The SMILES string of the molecule is COc1ccnc(NC2CCN(c3cccnn3)CC2)n1. The molecule has 3 heterocycles. The van der Waals surface area contributed by atoms with Crippen LogP contribution < -0.4 is 15.0 Å². The highest BCUT2D eigenvalue weighted by molar-refractivity contribution is 5.38. The summed E-state index contributed by atoms with van der Waals surface area (Å²) in [7, 11) is 1.60. The zero-order valence-corrected chi connectivity index (χ0v) is 11.9. The van der Waals surface area contributed by atoms with Crippen LogP contribution in [0.5, 0.6) is 5.88 Å². The highest BCUT2D eigenvalue weighted by Crippen LogP contribution is 2.19. The van der Waals surface area contributed by atoms with Gasteiger partial charge in [0.1, 0.15) is 0 Å². The normalized spacial score (nSPS) is 15.8. The Morgan fingerprint density at radius 3 is 2.81 bits per heavy atom. The molecule has 21 heavy (non-hydrogen) atoms. The Kier molecular flexibility index (Phi) is 4.09. The summed E-state index contributed by atoms with van der Waals surface area (Å²) in [4.78, 5) is 10.8. The first-order chi connectivity index (χ1) is 10.3. The van der Waals surface area contributed by atoms with Gasteiger partial charge in [0.25, 0.3) is 0 Å². The fraction of sp³-hybridized carbons (Fsp3) is 0.429. The number of methoxy groups -OCH3 is 1. The Morgan fingerprint density at radius 1 is 1.24 bits per heavy atom. The average Bonchev–Trinajstić information content (AvgIpc) is 2.56. The van der Waals surface area contributed by atoms with Crippen LogP contribution in [0.15, 0.2) is 30.6 Å². The predicted octanol–water partition coefficient (Wildman–Crippen LogP) is 1.36. The van der Waals surface area contributed by atoms with Gasteiger partial charge in [-0.15, -0.1) is 5.10 Å². The standard InChI is InChI=1S/C14H18N6O/c1-21-13-4-8-15-14(18-13)17-11-5-9-20(10-6-11)12-3-2-7-16-19-12/h2-4,7-8,11H,5-6,9-10H2,1H3,(H,15,17,18). The maximum atomic E-state index is 5.10. The molecule has 0 bridgehead atoms. The number of hydrogen-bond donors (Lipinski definition) is 1. The first kappa shape index (κ1) is 13.5. The maximum Gasteiger partial charge on any atom is 0.226 e. The van der Waals surface area contributed by atoms with Crippen LogP contribution in [0, 0.1) is 0 Å². The summed E-state index contributed by atoms with van der Waals surface area (Å²) < 4.78 is 5.10. The molecule has 0 saturated carbocycles. The molecular formula is C14H18N6O. The molecule has 0 atom stereocenters. The summed E-state index contributed by atoms with van der Waals surface area (Å²) in [6.45, 7) is 1.89. The van der Waals surface area contributed by atoms with E-state index in [0.29, 0.717) is 17.9 Å². The summed E-state index contributed by atoms with van der Waals surface area (Å²) in [6.07, 6.45) is 5.41. The van der Waals surface area contributed by atoms with Gasteiger partial charge < -0.3 is 15.0 Å². The lowest BCUT2D eigenvalue weighted by Gasteiger charge is -2.32. The number of nitrogens with zero attached hydrogens (tertiary/aromatic N) is 5. The highest BCUT2D eigenvalue weighted by atomic mass is 16.5. The van der Waals surface area contributed by atoms with Crippen molar-refractivity contribution >= 4 is 11.8 Å². The van der Waals surface area contributed by atoms with Crippen LogP contribution in [-0.2, 0) is 0 Å². The van der Waals surface area contributed by atoms with Crippen molar-refractivity contribution in [2.24, 2.45) is 0 Å². The van der Waals surface area contributed by atoms with E-state index in [1.54, 1.807) is 25.6 Å². The van der Waals surface area contributed by atoms with Crippen molar-refractivity contribution in [3.8, 4) is 5.88 Å². The first-order valence-electron chi connectivity index (χ1n) is 7.01. The van der Waals surface area contributed by atoms with Crippen LogP contribution >= 0.6 is 0 Å². The Bertz CT molecular complexity index is 571. The van der Waals surface area contributed by atoms with Crippen molar-refractivity contribution < 1.29 is 4.74 Å². The summed E-state index contributed by atoms with van der Waals surface area (Å²) in [6, 6.07) is 6.01. The Labute approximate surface area is 123 Å². The van der Waals surface area contributed by atoms with Gasteiger partial charge in [-0.05, 0) is 25.0 Å². The number of nitrogens with one attached hydrogen (secondary N) is 1. The quantitative estimate of drug-likeness (QED) is 0.909. The van der Waals surface area contributed by atoms with Gasteiger partial charge in [-0.2, -0.15) is 10.1 Å². The van der Waals surface area contributed by atoms with Crippen LogP contribution in [0.4, 0.5) is 11.8 Å². The molecule has 3 rings (SSSR count). The predicted molar refractivity (Wildman–Crippen MR) is 79.5 cm³/mol. The van der Waals surface area contributed by atoms with E-state index in [9.17, 15) is 0 Å². The van der Waals surface area contributed by atoms with E-state index in [4.69, 9.17) is 4.74 Å². The zero-order chi connectivity index (χ0) is 14.5. The first-order valence-corrected chi connectivity index (χ1v) is 7.01. The van der Waals surface area contributed by atoms with Gasteiger partial charge in [0.2, 0.25) is 11.8 Å². The van der Waals surface area contributed by atoms with Gasteiger partial charge in [-0.3, -0.25) is 0 Å². The van der Waals surface area contributed by atoms with Crippen molar-refractivity contribution in [1.82, 2.24) is 20.2 Å². The van der Waals surface area contributed by atoms with E-state index >= 15 is 0 Å². The van der Waals surface area contributed by atoms with Crippen molar-refractivity contribution in [3.05, 3.63) is 30.6 Å². The number of aromatic nitrogens is 4. The van der Waals surface area contributed by atoms with Crippen molar-refractivity contribution in [2.75, 3.05) is 30.4 Å². The Balaban J connectivity index is 1.56. The molecule has 1 aliphatic rings. The second-order valence-corrected chi connectivity index (χ2v) is 4.91. The molecule has 0 aromatic carbocycles. The minimum absolute atomic E-state index is 0.366. The molecule has 1 N–H and O–H groups in total. The Hall–Kier alpha value is -2.44. The number of anilines is 2. The summed E-state index contributed by atoms with van der Waals surface area (Å²) in [5.74, 6) is 2.13. The molecule has 110 valence electrons. The lowest BCUT2D eigenvalue weighted by Crippen LogP contribution is -2.39. The van der Waals surface area contributed by atoms with Gasteiger partial charge in [-0.1, -0.05) is 0 Å². The number of hydrogen-bond acceptors (Lipinski definition) is 7. The number of rotatable bonds is 4. The van der Waals surface area contributed by atoms with E-state index in [-0.39, 0.29) is 0 Å². The number of ether oxygens (including phenoxy) is 1. The van der Waals surface area contributed by atoms with E-state index in [0.717, 1.165) is 31.7 Å². The third-order valence-electron chi connectivity index (χ3n) is 3.55. The molecule has 1 saturated heterocycles. The third-order valence-corrected chi connectivity index (χ3v) is 3.55. The van der Waals surface area contributed by atoms with E-state index in [2.05, 4.69) is 30.4 Å². The zero-order valence-electron chi connectivity index (χ0n) is 11.9. The lowest BCUT2D eigenvalue weighted by molar-refractivity contribution is 0.397. The van der Waals surface area contributed by atoms with Crippen LogP contribution in [0.3, 0.4) is 0 Å². The molecule has 2 aromatic heterocycles. The largest absolute Gasteiger partial charge is 0.481 e. The minimum atomic E-state index is 0.366. The highest BCUT2D eigenvalue weighted by Gasteiger charge is 2.20. The third kappa shape index (κ3) is 3.36. The number of piperidine rings is 1. The van der Waals surface area contributed by atoms with Crippen LogP contribution in [-0.4, -0.2) is 46.4 Å². The summed E-state index contributed by atoms with van der Waals surface area (Å²) in [5, 5.41) is 11.4. The maximum absolute atomic E-state index is 5.10. The second-order valence-electron chi connectivity index (χ2n) is 4.91. The fourth-order valence-electron chi connectivity index (χ4n) is 2.42. The minimum Gasteiger partial charge on any atom is -0.481 e. The molecule has 1 aliphatic heterocycles. The molecule has 0 radical (unpaired) electrons. The van der Waals surface area contributed by atoms with E-state index in [1.165, 1.54) is 0 Å². The van der Waals surface area contributed by atoms with E-state index < -0.39 is 0 Å². The molecule has 0 unspecified atom stereocenters.